The highest BCUT2D eigenvalue weighted by atomic mass is 35.5. The molecule has 0 aliphatic rings. The zero-order valence-electron chi connectivity index (χ0n) is 9.48. The van der Waals surface area contributed by atoms with E-state index >= 15 is 0 Å². The average Bonchev–Trinajstić information content (AvgIpc) is 2.82. The number of rotatable bonds is 3. The molecular formula is C12H10ClNO4. The van der Waals surface area contributed by atoms with E-state index in [1.807, 2.05) is 6.92 Å². The van der Waals surface area contributed by atoms with E-state index in [0.717, 1.165) is 12.0 Å². The first kappa shape index (κ1) is 12.4. The first-order chi connectivity index (χ1) is 8.52. The Morgan fingerprint density at radius 2 is 2.17 bits per heavy atom. The Labute approximate surface area is 108 Å². The zero-order chi connectivity index (χ0) is 13.3. The van der Waals surface area contributed by atoms with E-state index in [2.05, 4.69) is 5.16 Å². The number of aromatic carboxylic acids is 1. The average molecular weight is 268 g/mol. The van der Waals surface area contributed by atoms with Crippen LogP contribution >= 0.6 is 11.6 Å². The minimum atomic E-state index is -1.19. The minimum absolute atomic E-state index is 0.151. The second-order valence-electron chi connectivity index (χ2n) is 3.71. The Bertz CT molecular complexity index is 606. The molecule has 0 aliphatic carbocycles. The van der Waals surface area contributed by atoms with Gasteiger partial charge in [0, 0.05) is 6.07 Å². The van der Waals surface area contributed by atoms with Gasteiger partial charge in [0.2, 0.25) is 0 Å². The zero-order valence-corrected chi connectivity index (χ0v) is 10.2. The maximum Gasteiger partial charge on any atom is 0.358 e. The summed E-state index contributed by atoms with van der Waals surface area (Å²) in [6.45, 7) is 1.94. The lowest BCUT2D eigenvalue weighted by Crippen LogP contribution is -1.94. The van der Waals surface area contributed by atoms with Crippen LogP contribution in [0.1, 0.15) is 23.0 Å². The van der Waals surface area contributed by atoms with Crippen molar-refractivity contribution in [2.24, 2.45) is 0 Å². The molecule has 1 aromatic carbocycles. The fourth-order valence-corrected chi connectivity index (χ4v) is 1.79. The Balaban J connectivity index is 2.55. The minimum Gasteiger partial charge on any atom is -0.506 e. The summed E-state index contributed by atoms with van der Waals surface area (Å²) in [6.07, 6.45) is 0.729. The van der Waals surface area contributed by atoms with Crippen molar-refractivity contribution in [2.45, 2.75) is 13.3 Å². The molecule has 2 N–H and O–H groups in total. The number of aromatic nitrogens is 1. The molecule has 5 nitrogen and oxygen atoms in total. The number of hydrogen-bond acceptors (Lipinski definition) is 4. The van der Waals surface area contributed by atoms with Crippen molar-refractivity contribution in [3.05, 3.63) is 34.5 Å². The van der Waals surface area contributed by atoms with Gasteiger partial charge in [-0.25, -0.2) is 4.79 Å². The lowest BCUT2D eigenvalue weighted by Gasteiger charge is -2.05. The van der Waals surface area contributed by atoms with Crippen LogP contribution in [0.3, 0.4) is 0 Å². The summed E-state index contributed by atoms with van der Waals surface area (Å²) < 4.78 is 4.90. The van der Waals surface area contributed by atoms with Crippen LogP contribution in [0.15, 0.2) is 22.7 Å². The van der Waals surface area contributed by atoms with Crippen molar-refractivity contribution in [3.8, 4) is 17.1 Å². The summed E-state index contributed by atoms with van der Waals surface area (Å²) in [5.74, 6) is -1.17. The summed E-state index contributed by atoms with van der Waals surface area (Å²) in [7, 11) is 0. The van der Waals surface area contributed by atoms with Crippen LogP contribution in [0.5, 0.6) is 5.75 Å². The standard InChI is InChI=1S/C12H10ClNO4/c1-2-6-3-7(11(15)8(13)4-6)10-5-9(12(16)17)14-18-10/h3-5,15H,2H2,1H3,(H,16,17). The monoisotopic (exact) mass is 267 g/mol. The Morgan fingerprint density at radius 3 is 2.72 bits per heavy atom. The summed E-state index contributed by atoms with van der Waals surface area (Å²) in [5, 5.41) is 22.2. The van der Waals surface area contributed by atoms with Gasteiger partial charge in [-0.1, -0.05) is 23.7 Å². The highest BCUT2D eigenvalue weighted by Gasteiger charge is 2.17. The predicted molar refractivity (Wildman–Crippen MR) is 65.0 cm³/mol. The van der Waals surface area contributed by atoms with Crippen LogP contribution < -0.4 is 0 Å². The van der Waals surface area contributed by atoms with Crippen molar-refractivity contribution in [2.75, 3.05) is 0 Å². The molecule has 1 aromatic heterocycles. The molecule has 0 atom stereocenters. The van der Waals surface area contributed by atoms with E-state index in [0.29, 0.717) is 5.56 Å². The summed E-state index contributed by atoms with van der Waals surface area (Å²) >= 11 is 5.89. The van der Waals surface area contributed by atoms with Gasteiger partial charge in [-0.2, -0.15) is 0 Å². The van der Waals surface area contributed by atoms with Gasteiger partial charge in [0.05, 0.1) is 10.6 Å². The molecule has 18 heavy (non-hydrogen) atoms. The van der Waals surface area contributed by atoms with E-state index in [-0.39, 0.29) is 22.2 Å². The number of benzene rings is 1. The van der Waals surface area contributed by atoms with Gasteiger partial charge in [-0.05, 0) is 24.1 Å². The summed E-state index contributed by atoms with van der Waals surface area (Å²) in [6, 6.07) is 4.58. The van der Waals surface area contributed by atoms with Crippen LogP contribution in [0, 0.1) is 0 Å². The largest absolute Gasteiger partial charge is 0.506 e. The molecular weight excluding hydrogens is 258 g/mol. The smallest absolute Gasteiger partial charge is 0.358 e. The van der Waals surface area contributed by atoms with E-state index in [9.17, 15) is 9.90 Å². The van der Waals surface area contributed by atoms with Gasteiger partial charge in [-0.3, -0.25) is 0 Å². The molecule has 0 radical (unpaired) electrons. The van der Waals surface area contributed by atoms with Gasteiger partial charge in [-0.15, -0.1) is 0 Å². The Kier molecular flexibility index (Phi) is 3.25. The quantitative estimate of drug-likeness (QED) is 0.893. The second-order valence-corrected chi connectivity index (χ2v) is 4.12. The lowest BCUT2D eigenvalue weighted by molar-refractivity contribution is 0.0686. The molecule has 2 aromatic rings. The third kappa shape index (κ3) is 2.17. The normalized spacial score (nSPS) is 10.6. The first-order valence-corrected chi connectivity index (χ1v) is 5.62. The molecule has 0 amide bonds. The molecule has 0 aliphatic heterocycles. The first-order valence-electron chi connectivity index (χ1n) is 5.24. The molecule has 0 saturated carbocycles. The molecule has 0 bridgehead atoms. The second kappa shape index (κ2) is 4.70. The van der Waals surface area contributed by atoms with Crippen molar-refractivity contribution >= 4 is 17.6 Å². The number of carboxylic acid groups (broad SMARTS) is 1. The van der Waals surface area contributed by atoms with E-state index in [4.69, 9.17) is 21.2 Å². The van der Waals surface area contributed by atoms with Gasteiger partial charge in [0.25, 0.3) is 0 Å². The number of aryl methyl sites for hydroxylation is 1. The molecule has 6 heteroatoms. The van der Waals surface area contributed by atoms with Crippen molar-refractivity contribution in [1.29, 1.82) is 0 Å². The SMILES string of the molecule is CCc1cc(Cl)c(O)c(-c2cc(C(=O)O)no2)c1. The number of hydrogen-bond donors (Lipinski definition) is 2. The van der Waals surface area contributed by atoms with Crippen molar-refractivity contribution in [1.82, 2.24) is 5.16 Å². The van der Waals surface area contributed by atoms with Crippen LogP contribution in [0.25, 0.3) is 11.3 Å². The number of carbonyl (C=O) groups is 1. The van der Waals surface area contributed by atoms with Gasteiger partial charge < -0.3 is 14.7 Å². The number of nitrogens with zero attached hydrogens (tertiary/aromatic N) is 1. The highest BCUT2D eigenvalue weighted by Crippen LogP contribution is 2.36. The molecule has 0 fully saturated rings. The van der Waals surface area contributed by atoms with E-state index in [1.54, 1.807) is 12.1 Å². The van der Waals surface area contributed by atoms with Gasteiger partial charge >= 0.3 is 5.97 Å². The number of phenolic OH excluding ortho intramolecular Hbond substituents is 1. The number of aromatic hydroxyl groups is 1. The maximum atomic E-state index is 10.7. The summed E-state index contributed by atoms with van der Waals surface area (Å²) in [4.78, 5) is 10.7. The molecule has 94 valence electrons. The van der Waals surface area contributed by atoms with Gasteiger partial charge in [0.1, 0.15) is 5.75 Å². The van der Waals surface area contributed by atoms with Crippen molar-refractivity contribution < 1.29 is 19.5 Å². The number of carboxylic acids is 1. The van der Waals surface area contributed by atoms with Gasteiger partial charge in [0.15, 0.2) is 11.5 Å². The highest BCUT2D eigenvalue weighted by molar-refractivity contribution is 6.32. The van der Waals surface area contributed by atoms with Crippen LogP contribution in [0.4, 0.5) is 0 Å². The summed E-state index contributed by atoms with van der Waals surface area (Å²) in [5.41, 5.74) is 1.02. The third-order valence-corrected chi connectivity index (χ3v) is 2.81. The van der Waals surface area contributed by atoms with Crippen molar-refractivity contribution in [3.63, 3.8) is 0 Å². The Hall–Kier alpha value is -2.01. The van der Waals surface area contributed by atoms with Crippen LogP contribution in [-0.4, -0.2) is 21.3 Å². The van der Waals surface area contributed by atoms with Crippen LogP contribution in [-0.2, 0) is 6.42 Å². The molecule has 0 spiro atoms. The topological polar surface area (TPSA) is 83.6 Å². The number of phenols is 1. The molecule has 0 saturated heterocycles. The van der Waals surface area contributed by atoms with Crippen LogP contribution in [0.2, 0.25) is 5.02 Å². The lowest BCUT2D eigenvalue weighted by atomic mass is 10.1. The van der Waals surface area contributed by atoms with E-state index < -0.39 is 5.97 Å². The third-order valence-electron chi connectivity index (χ3n) is 2.53. The molecule has 2 rings (SSSR count). The molecule has 0 unspecified atom stereocenters. The molecule has 1 heterocycles. The Morgan fingerprint density at radius 1 is 1.44 bits per heavy atom. The number of halogens is 1. The van der Waals surface area contributed by atoms with E-state index in [1.165, 1.54) is 6.07 Å². The maximum absolute atomic E-state index is 10.7. The predicted octanol–water partition coefficient (Wildman–Crippen LogP) is 2.96. The fourth-order valence-electron chi connectivity index (χ4n) is 1.55. The fraction of sp³-hybridized carbons (Fsp3) is 0.167.